The highest BCUT2D eigenvalue weighted by Gasteiger charge is 2.32. The van der Waals surface area contributed by atoms with Gasteiger partial charge in [0, 0.05) is 0 Å². The van der Waals surface area contributed by atoms with Crippen molar-refractivity contribution < 1.29 is 27.4 Å². The number of aryl methyl sites for hydroxylation is 1. The van der Waals surface area contributed by atoms with Crippen molar-refractivity contribution in [1.82, 2.24) is 9.97 Å². The van der Waals surface area contributed by atoms with Crippen LogP contribution in [0.3, 0.4) is 0 Å². The number of alkyl halides is 3. The molecule has 1 N–H and O–H groups in total. The molecule has 21 heavy (non-hydrogen) atoms. The van der Waals surface area contributed by atoms with Gasteiger partial charge >= 0.3 is 12.3 Å². The minimum absolute atomic E-state index is 0.0275. The minimum Gasteiger partial charge on any atom is -0.465 e. The molecule has 0 aliphatic carbocycles. The fraction of sp³-hybridized carbons (Fsp3) is 0.250. The maximum Gasteiger partial charge on any atom is 0.573 e. The number of hydrogen-bond donors (Lipinski definition) is 1. The summed E-state index contributed by atoms with van der Waals surface area (Å²) in [4.78, 5) is 29.0. The number of carbonyl (C=O) groups excluding carboxylic acids is 1. The first kappa shape index (κ1) is 14.8. The quantitative estimate of drug-likeness (QED) is 0.857. The van der Waals surface area contributed by atoms with E-state index >= 15 is 0 Å². The summed E-state index contributed by atoms with van der Waals surface area (Å²) in [6.45, 7) is 1.34. The van der Waals surface area contributed by atoms with Gasteiger partial charge in [-0.15, -0.1) is 13.2 Å². The van der Waals surface area contributed by atoms with E-state index in [1.165, 1.54) is 6.92 Å². The highest BCUT2D eigenvalue weighted by molar-refractivity contribution is 5.95. The number of rotatable bonds is 2. The van der Waals surface area contributed by atoms with Crippen LogP contribution in [0.25, 0.3) is 11.0 Å². The average molecular weight is 302 g/mol. The lowest BCUT2D eigenvalue weighted by atomic mass is 10.1. The van der Waals surface area contributed by atoms with Gasteiger partial charge in [-0.05, 0) is 19.1 Å². The predicted octanol–water partition coefficient (Wildman–Crippen LogP) is 1.92. The molecule has 0 aliphatic heterocycles. The van der Waals surface area contributed by atoms with Crippen molar-refractivity contribution >= 4 is 17.0 Å². The summed E-state index contributed by atoms with van der Waals surface area (Å²) in [5.74, 6) is -1.56. The van der Waals surface area contributed by atoms with Gasteiger partial charge < -0.3 is 14.5 Å². The van der Waals surface area contributed by atoms with Gasteiger partial charge in [0.25, 0.3) is 5.56 Å². The molecule has 0 saturated heterocycles. The lowest BCUT2D eigenvalue weighted by molar-refractivity contribution is -0.274. The third kappa shape index (κ3) is 3.12. The number of H-pyrrole nitrogens is 1. The third-order valence-electron chi connectivity index (χ3n) is 2.58. The number of fused-ring (bicyclic) bond motifs is 1. The number of carbonyl (C=O) groups is 1. The molecule has 0 fully saturated rings. The highest BCUT2D eigenvalue weighted by Crippen LogP contribution is 2.30. The first-order chi connectivity index (χ1) is 9.71. The van der Waals surface area contributed by atoms with Gasteiger partial charge in [0.15, 0.2) is 5.75 Å². The summed E-state index contributed by atoms with van der Waals surface area (Å²) in [6.07, 6.45) is -4.96. The molecule has 2 aromatic rings. The first-order valence-electron chi connectivity index (χ1n) is 5.60. The van der Waals surface area contributed by atoms with Crippen molar-refractivity contribution in [3.05, 3.63) is 33.7 Å². The third-order valence-corrected chi connectivity index (χ3v) is 2.58. The largest absolute Gasteiger partial charge is 0.573 e. The molecule has 0 unspecified atom stereocenters. The van der Waals surface area contributed by atoms with Gasteiger partial charge in [0.2, 0.25) is 0 Å². The van der Waals surface area contributed by atoms with Crippen LogP contribution in [0.1, 0.15) is 16.1 Å². The van der Waals surface area contributed by atoms with Crippen molar-refractivity contribution in [2.45, 2.75) is 13.3 Å². The number of halogens is 3. The Morgan fingerprint density at radius 1 is 1.33 bits per heavy atom. The summed E-state index contributed by atoms with van der Waals surface area (Å²) >= 11 is 0. The van der Waals surface area contributed by atoms with Crippen LogP contribution in [-0.4, -0.2) is 29.4 Å². The first-order valence-corrected chi connectivity index (χ1v) is 5.60. The van der Waals surface area contributed by atoms with Crippen molar-refractivity contribution in [3.63, 3.8) is 0 Å². The summed E-state index contributed by atoms with van der Waals surface area (Å²) in [6, 6.07) is 2.02. The van der Waals surface area contributed by atoms with E-state index < -0.39 is 23.6 Å². The molecule has 112 valence electrons. The van der Waals surface area contributed by atoms with E-state index in [0.717, 1.165) is 19.2 Å². The monoisotopic (exact) mass is 302 g/mol. The van der Waals surface area contributed by atoms with Crippen LogP contribution < -0.4 is 10.3 Å². The van der Waals surface area contributed by atoms with E-state index in [9.17, 15) is 22.8 Å². The summed E-state index contributed by atoms with van der Waals surface area (Å²) in [5, 5.41) is 0. The minimum atomic E-state index is -4.96. The standard InChI is InChI=1S/C12H9F3N2O4/c1-5-10(18)17-7-3-6(11(19)20-2)4-8(9(7)16-5)21-12(13,14)15/h3-4H,1-2H3,(H,17,18). The number of hydrogen-bond acceptors (Lipinski definition) is 5. The van der Waals surface area contributed by atoms with Crippen LogP contribution in [-0.2, 0) is 4.74 Å². The maximum atomic E-state index is 12.4. The molecule has 0 amide bonds. The van der Waals surface area contributed by atoms with E-state index in [4.69, 9.17) is 0 Å². The molecule has 0 spiro atoms. The maximum absolute atomic E-state index is 12.4. The fourth-order valence-corrected chi connectivity index (χ4v) is 1.69. The zero-order valence-electron chi connectivity index (χ0n) is 10.9. The van der Waals surface area contributed by atoms with Crippen molar-refractivity contribution in [2.24, 2.45) is 0 Å². The van der Waals surface area contributed by atoms with Gasteiger partial charge in [0.1, 0.15) is 11.2 Å². The summed E-state index contributed by atoms with van der Waals surface area (Å²) < 4.78 is 45.6. The van der Waals surface area contributed by atoms with E-state index in [-0.39, 0.29) is 22.3 Å². The van der Waals surface area contributed by atoms with E-state index in [1.54, 1.807) is 0 Å². The molecule has 0 saturated carbocycles. The molecule has 0 atom stereocenters. The topological polar surface area (TPSA) is 81.3 Å². The average Bonchev–Trinajstić information content (AvgIpc) is 2.38. The smallest absolute Gasteiger partial charge is 0.465 e. The molecule has 2 rings (SSSR count). The molecule has 1 heterocycles. The number of nitrogens with one attached hydrogen (secondary N) is 1. The number of aromatic nitrogens is 2. The Bertz CT molecular complexity index is 767. The van der Waals surface area contributed by atoms with E-state index in [1.807, 2.05) is 0 Å². The molecule has 6 nitrogen and oxygen atoms in total. The molecular formula is C12H9F3N2O4. The van der Waals surface area contributed by atoms with Crippen molar-refractivity contribution in [1.29, 1.82) is 0 Å². The zero-order chi connectivity index (χ0) is 15.8. The Morgan fingerprint density at radius 2 is 2.00 bits per heavy atom. The molecule has 0 bridgehead atoms. The number of esters is 1. The summed E-state index contributed by atoms with van der Waals surface area (Å²) in [5.41, 5.74) is -1.09. The molecule has 1 aromatic carbocycles. The number of nitrogens with zero attached hydrogens (tertiary/aromatic N) is 1. The Hall–Kier alpha value is -2.58. The summed E-state index contributed by atoms with van der Waals surface area (Å²) in [7, 11) is 1.08. The SMILES string of the molecule is COC(=O)c1cc(OC(F)(F)F)c2nc(C)c(=O)[nH]c2c1. The fourth-order valence-electron chi connectivity index (χ4n) is 1.69. The second-order valence-corrected chi connectivity index (χ2v) is 4.06. The van der Waals surface area contributed by atoms with Gasteiger partial charge in [-0.1, -0.05) is 0 Å². The molecule has 0 radical (unpaired) electrons. The lowest BCUT2D eigenvalue weighted by Crippen LogP contribution is -2.19. The van der Waals surface area contributed by atoms with Gasteiger partial charge in [-0.2, -0.15) is 0 Å². The molecule has 0 aliphatic rings. The van der Waals surface area contributed by atoms with Crippen LogP contribution in [0.5, 0.6) is 5.75 Å². The van der Waals surface area contributed by atoms with Crippen molar-refractivity contribution in [2.75, 3.05) is 7.11 Å². The lowest BCUT2D eigenvalue weighted by Gasteiger charge is -2.12. The van der Waals surface area contributed by atoms with E-state index in [0.29, 0.717) is 0 Å². The van der Waals surface area contributed by atoms with Crippen LogP contribution in [0.2, 0.25) is 0 Å². The van der Waals surface area contributed by atoms with Gasteiger partial charge in [0.05, 0.1) is 18.2 Å². The predicted molar refractivity (Wildman–Crippen MR) is 65.1 cm³/mol. The van der Waals surface area contributed by atoms with Crippen LogP contribution >= 0.6 is 0 Å². The van der Waals surface area contributed by atoms with Crippen LogP contribution in [0.15, 0.2) is 16.9 Å². The zero-order valence-corrected chi connectivity index (χ0v) is 10.9. The number of aromatic amines is 1. The second kappa shape index (κ2) is 5.08. The molecular weight excluding hydrogens is 293 g/mol. The Balaban J connectivity index is 2.75. The van der Waals surface area contributed by atoms with Crippen molar-refractivity contribution in [3.8, 4) is 5.75 Å². The highest BCUT2D eigenvalue weighted by atomic mass is 19.4. The van der Waals surface area contributed by atoms with Gasteiger partial charge in [-0.25, -0.2) is 9.78 Å². The molecule has 9 heteroatoms. The Labute approximate surface area is 115 Å². The second-order valence-electron chi connectivity index (χ2n) is 4.06. The van der Waals surface area contributed by atoms with Crippen LogP contribution in [0.4, 0.5) is 13.2 Å². The van der Waals surface area contributed by atoms with Crippen LogP contribution in [0, 0.1) is 6.92 Å². The van der Waals surface area contributed by atoms with Gasteiger partial charge in [-0.3, -0.25) is 4.79 Å². The number of benzene rings is 1. The normalized spacial score (nSPS) is 11.5. The van der Waals surface area contributed by atoms with E-state index in [2.05, 4.69) is 19.4 Å². The Kier molecular flexibility index (Phi) is 3.58. The molecule has 1 aromatic heterocycles. The number of methoxy groups -OCH3 is 1. The number of ether oxygens (including phenoxy) is 2. The Morgan fingerprint density at radius 3 is 2.57 bits per heavy atom.